The topological polar surface area (TPSA) is 49.7 Å². The van der Waals surface area contributed by atoms with Crippen molar-refractivity contribution < 1.29 is 14.9 Å². The average molecular weight is 485 g/mol. The minimum absolute atomic E-state index is 0.0147. The number of aromatic hydroxyl groups is 2. The van der Waals surface area contributed by atoms with E-state index in [1.165, 1.54) is 30.3 Å². The molecule has 0 heterocycles. The Balaban J connectivity index is 2.20. The van der Waals surface area contributed by atoms with Gasteiger partial charge in [0, 0.05) is 27.2 Å². The van der Waals surface area contributed by atoms with E-state index in [0.717, 1.165) is 0 Å². The van der Waals surface area contributed by atoms with Crippen LogP contribution in [-0.4, -0.2) is 10.2 Å². The lowest BCUT2D eigenvalue weighted by molar-refractivity contribution is 0.412. The minimum Gasteiger partial charge on any atom is -0.506 e. The van der Waals surface area contributed by atoms with Gasteiger partial charge >= 0.3 is 0 Å². The third-order valence-electron chi connectivity index (χ3n) is 3.56. The summed E-state index contributed by atoms with van der Waals surface area (Å²) in [6.45, 7) is 0. The van der Waals surface area contributed by atoms with Gasteiger partial charge in [0.1, 0.15) is 11.5 Å². The number of benzene rings is 3. The summed E-state index contributed by atoms with van der Waals surface area (Å²) in [7, 11) is 0. The smallest absolute Gasteiger partial charge is 0.188 e. The summed E-state index contributed by atoms with van der Waals surface area (Å²) in [5.74, 6) is -0.505. The maximum atomic E-state index is 10.3. The molecule has 3 nitrogen and oxygen atoms in total. The highest BCUT2D eigenvalue weighted by molar-refractivity contribution is 6.42. The van der Waals surface area contributed by atoms with Crippen LogP contribution in [0, 0.1) is 0 Å². The monoisotopic (exact) mass is 482 g/mol. The predicted octanol–water partition coefficient (Wildman–Crippen LogP) is 8.48. The van der Waals surface area contributed by atoms with E-state index in [9.17, 15) is 10.2 Å². The van der Waals surface area contributed by atoms with Gasteiger partial charge in [-0.3, -0.25) is 0 Å². The first-order valence-electron chi connectivity index (χ1n) is 7.21. The van der Waals surface area contributed by atoms with Crippen molar-refractivity contribution in [2.75, 3.05) is 0 Å². The molecule has 0 amide bonds. The normalized spacial score (nSPS) is 10.9. The van der Waals surface area contributed by atoms with Crippen LogP contribution in [0.3, 0.4) is 0 Å². The average Bonchev–Trinajstić information content (AvgIpc) is 2.57. The Morgan fingerprint density at radius 2 is 1.37 bits per heavy atom. The standard InChI is InChI=1S/C18H8Cl6O3/c19-7-1-2-14(10(21)4-7)27-18-13(25)6-11(22)15(16(18)24)9-3-8(20)5-12(23)17(9)26/h1-6,25-26H. The van der Waals surface area contributed by atoms with Gasteiger partial charge in [0.15, 0.2) is 11.5 Å². The van der Waals surface area contributed by atoms with E-state index in [-0.39, 0.29) is 59.2 Å². The highest BCUT2D eigenvalue weighted by atomic mass is 35.5. The predicted molar refractivity (Wildman–Crippen MR) is 112 cm³/mol. The number of rotatable bonds is 3. The lowest BCUT2D eigenvalue weighted by Gasteiger charge is -2.16. The third-order valence-corrected chi connectivity index (χ3v) is 5.25. The zero-order valence-electron chi connectivity index (χ0n) is 13.0. The summed E-state index contributed by atoms with van der Waals surface area (Å²) in [6, 6.07) is 8.58. The molecule has 0 saturated heterocycles. The second-order valence-corrected chi connectivity index (χ2v) is 7.83. The molecule has 3 rings (SSSR count). The molecule has 0 bridgehead atoms. The maximum Gasteiger partial charge on any atom is 0.188 e. The van der Waals surface area contributed by atoms with Gasteiger partial charge in [-0.15, -0.1) is 0 Å². The molecule has 0 aromatic heterocycles. The Morgan fingerprint density at radius 3 is 2.04 bits per heavy atom. The molecule has 2 N–H and O–H groups in total. The molecule has 0 aliphatic carbocycles. The molecule has 0 saturated carbocycles. The lowest BCUT2D eigenvalue weighted by atomic mass is 10.0. The molecule has 0 fully saturated rings. The van der Waals surface area contributed by atoms with Gasteiger partial charge in [-0.2, -0.15) is 0 Å². The van der Waals surface area contributed by atoms with Crippen molar-refractivity contribution in [3.63, 3.8) is 0 Å². The molecule has 0 aliphatic rings. The summed E-state index contributed by atoms with van der Waals surface area (Å²) in [4.78, 5) is 0. The number of phenols is 2. The second kappa shape index (κ2) is 8.04. The molecule has 3 aromatic rings. The molecule has 0 radical (unpaired) electrons. The fraction of sp³-hybridized carbons (Fsp3) is 0. The van der Waals surface area contributed by atoms with E-state index in [1.54, 1.807) is 6.07 Å². The Kier molecular flexibility index (Phi) is 6.11. The molecular weight excluding hydrogens is 477 g/mol. The van der Waals surface area contributed by atoms with Crippen molar-refractivity contribution in [2.24, 2.45) is 0 Å². The maximum absolute atomic E-state index is 10.3. The summed E-state index contributed by atoms with van der Waals surface area (Å²) < 4.78 is 5.66. The Bertz CT molecular complexity index is 1050. The molecule has 0 unspecified atom stereocenters. The molecule has 0 atom stereocenters. The molecule has 0 aliphatic heterocycles. The van der Waals surface area contributed by atoms with Gasteiger partial charge in [-0.25, -0.2) is 0 Å². The van der Waals surface area contributed by atoms with Crippen LogP contribution in [0.15, 0.2) is 36.4 Å². The number of phenolic OH excluding ortho intramolecular Hbond substituents is 2. The van der Waals surface area contributed by atoms with Gasteiger partial charge in [0.05, 0.1) is 20.1 Å². The van der Waals surface area contributed by atoms with Crippen LogP contribution in [-0.2, 0) is 0 Å². The van der Waals surface area contributed by atoms with E-state index in [2.05, 4.69) is 0 Å². The van der Waals surface area contributed by atoms with E-state index in [0.29, 0.717) is 5.02 Å². The van der Waals surface area contributed by atoms with Crippen molar-refractivity contribution in [1.82, 2.24) is 0 Å². The SMILES string of the molecule is Oc1cc(Cl)c(-c2cc(Cl)cc(Cl)c2O)c(Cl)c1Oc1ccc(Cl)cc1Cl. The third kappa shape index (κ3) is 4.14. The zero-order valence-corrected chi connectivity index (χ0v) is 17.6. The number of hydrogen-bond donors (Lipinski definition) is 2. The second-order valence-electron chi connectivity index (χ2n) is 5.36. The fourth-order valence-corrected chi connectivity index (χ4v) is 3.98. The summed E-state index contributed by atoms with van der Waals surface area (Å²) in [5.41, 5.74) is 0.354. The molecular formula is C18H8Cl6O3. The molecule has 27 heavy (non-hydrogen) atoms. The van der Waals surface area contributed by atoms with E-state index in [4.69, 9.17) is 74.3 Å². The number of ether oxygens (including phenoxy) is 1. The first-order chi connectivity index (χ1) is 12.7. The van der Waals surface area contributed by atoms with Crippen LogP contribution in [0.2, 0.25) is 30.1 Å². The van der Waals surface area contributed by atoms with Crippen LogP contribution >= 0.6 is 69.6 Å². The van der Waals surface area contributed by atoms with Crippen LogP contribution in [0.4, 0.5) is 0 Å². The van der Waals surface area contributed by atoms with E-state index >= 15 is 0 Å². The Hall–Kier alpha value is -1.20. The van der Waals surface area contributed by atoms with Gasteiger partial charge in [0.2, 0.25) is 0 Å². The van der Waals surface area contributed by atoms with Crippen molar-refractivity contribution in [3.8, 4) is 34.1 Å². The van der Waals surface area contributed by atoms with Gasteiger partial charge in [-0.1, -0.05) is 69.6 Å². The van der Waals surface area contributed by atoms with Crippen LogP contribution in [0.5, 0.6) is 23.0 Å². The van der Waals surface area contributed by atoms with Crippen molar-refractivity contribution in [2.45, 2.75) is 0 Å². The summed E-state index contributed by atoms with van der Waals surface area (Å²) >= 11 is 36.6. The molecule has 140 valence electrons. The molecule has 3 aromatic carbocycles. The highest BCUT2D eigenvalue weighted by Crippen LogP contribution is 2.51. The molecule has 9 heteroatoms. The molecule has 0 spiro atoms. The number of halogens is 6. The highest BCUT2D eigenvalue weighted by Gasteiger charge is 2.23. The quantitative estimate of drug-likeness (QED) is 0.392. The first kappa shape index (κ1) is 20.5. The largest absolute Gasteiger partial charge is 0.506 e. The lowest BCUT2D eigenvalue weighted by Crippen LogP contribution is -1.92. The van der Waals surface area contributed by atoms with Gasteiger partial charge in [-0.05, 0) is 30.3 Å². The van der Waals surface area contributed by atoms with Gasteiger partial charge in [0.25, 0.3) is 0 Å². The number of hydrogen-bond acceptors (Lipinski definition) is 3. The summed E-state index contributed by atoms with van der Waals surface area (Å²) in [6.07, 6.45) is 0. The van der Waals surface area contributed by atoms with Crippen molar-refractivity contribution in [3.05, 3.63) is 66.5 Å². The van der Waals surface area contributed by atoms with Crippen molar-refractivity contribution >= 4 is 69.6 Å². The summed E-state index contributed by atoms with van der Waals surface area (Å²) in [5, 5.41) is 21.4. The zero-order chi connectivity index (χ0) is 19.9. The minimum atomic E-state index is -0.326. The Labute approximate surface area is 184 Å². The van der Waals surface area contributed by atoms with Gasteiger partial charge < -0.3 is 14.9 Å². The van der Waals surface area contributed by atoms with Crippen LogP contribution < -0.4 is 4.74 Å². The van der Waals surface area contributed by atoms with E-state index in [1.807, 2.05) is 0 Å². The fourth-order valence-electron chi connectivity index (χ4n) is 2.36. The van der Waals surface area contributed by atoms with E-state index < -0.39 is 0 Å². The Morgan fingerprint density at radius 1 is 0.704 bits per heavy atom. The van der Waals surface area contributed by atoms with Crippen molar-refractivity contribution in [1.29, 1.82) is 0 Å². The van der Waals surface area contributed by atoms with Crippen LogP contribution in [0.1, 0.15) is 0 Å². The van der Waals surface area contributed by atoms with Crippen LogP contribution in [0.25, 0.3) is 11.1 Å². The first-order valence-corrected chi connectivity index (χ1v) is 9.48.